The van der Waals surface area contributed by atoms with Crippen molar-refractivity contribution in [2.24, 2.45) is 5.92 Å². The maximum atomic E-state index is 11.7. The number of rotatable bonds is 4. The highest BCUT2D eigenvalue weighted by molar-refractivity contribution is 9.10. The fourth-order valence-electron chi connectivity index (χ4n) is 1.65. The molecule has 1 N–H and O–H groups in total. The molecule has 1 fully saturated rings. The Bertz CT molecular complexity index is 564. The highest BCUT2D eigenvalue weighted by Crippen LogP contribution is 2.29. The number of furan rings is 1. The van der Waals surface area contributed by atoms with Crippen molar-refractivity contribution in [3.05, 3.63) is 16.5 Å². The zero-order valence-corrected chi connectivity index (χ0v) is 12.4. The van der Waals surface area contributed by atoms with Gasteiger partial charge in [-0.15, -0.1) is 0 Å². The van der Waals surface area contributed by atoms with E-state index in [1.807, 2.05) is 0 Å². The van der Waals surface area contributed by atoms with E-state index in [2.05, 4.69) is 21.2 Å². The summed E-state index contributed by atoms with van der Waals surface area (Å²) in [6.45, 7) is 0.583. The molecule has 1 amide bonds. The summed E-state index contributed by atoms with van der Waals surface area (Å²) in [7, 11) is 1.27. The Morgan fingerprint density at radius 1 is 1.56 bits per heavy atom. The first kappa shape index (κ1) is 13.9. The molecule has 5 nitrogen and oxygen atoms in total. The van der Waals surface area contributed by atoms with Gasteiger partial charge in [0.05, 0.1) is 0 Å². The molecule has 0 atom stereocenters. The average Bonchev–Trinajstić information content (AvgIpc) is 2.57. The highest BCUT2D eigenvalue weighted by atomic mass is 79.9. The fraction of sp³-hybridized carbons (Fsp3) is 0.500. The first-order valence-corrected chi connectivity index (χ1v) is 8.50. The van der Waals surface area contributed by atoms with Gasteiger partial charge in [-0.2, -0.15) is 0 Å². The summed E-state index contributed by atoms with van der Waals surface area (Å²) >= 11 is 2.92. The summed E-state index contributed by atoms with van der Waals surface area (Å²) in [5.41, 5.74) is 0. The SMILES string of the molecule is O=C(NCC1CCC1)c1cc(S(=O)(=O)Cl)c(Br)o1. The lowest BCUT2D eigenvalue weighted by Crippen LogP contribution is -2.31. The van der Waals surface area contributed by atoms with Crippen LogP contribution < -0.4 is 5.32 Å². The van der Waals surface area contributed by atoms with Crippen molar-refractivity contribution in [2.75, 3.05) is 6.54 Å². The van der Waals surface area contributed by atoms with E-state index in [1.54, 1.807) is 0 Å². The number of halogens is 2. The van der Waals surface area contributed by atoms with Crippen molar-refractivity contribution in [1.29, 1.82) is 0 Å². The quantitative estimate of drug-likeness (QED) is 0.841. The Hall–Kier alpha value is -0.530. The van der Waals surface area contributed by atoms with Crippen molar-refractivity contribution in [3.8, 4) is 0 Å². The molecule has 1 aliphatic rings. The normalized spacial score (nSPS) is 16.3. The molecule has 0 unspecified atom stereocenters. The molecular weight excluding hydrogens is 346 g/mol. The van der Waals surface area contributed by atoms with E-state index in [9.17, 15) is 13.2 Å². The molecule has 0 aliphatic heterocycles. The van der Waals surface area contributed by atoms with Gasteiger partial charge in [-0.25, -0.2) is 8.42 Å². The van der Waals surface area contributed by atoms with Crippen LogP contribution in [0.4, 0.5) is 0 Å². The van der Waals surface area contributed by atoms with Crippen LogP contribution in [0, 0.1) is 5.92 Å². The molecule has 100 valence electrons. The summed E-state index contributed by atoms with van der Waals surface area (Å²) < 4.78 is 27.3. The molecule has 2 rings (SSSR count). The minimum Gasteiger partial charge on any atom is -0.443 e. The van der Waals surface area contributed by atoms with Gasteiger partial charge < -0.3 is 9.73 Å². The lowest BCUT2D eigenvalue weighted by molar-refractivity contribution is 0.0910. The molecule has 1 saturated carbocycles. The van der Waals surface area contributed by atoms with Crippen molar-refractivity contribution in [3.63, 3.8) is 0 Å². The summed E-state index contributed by atoms with van der Waals surface area (Å²) in [6.07, 6.45) is 3.42. The van der Waals surface area contributed by atoms with Gasteiger partial charge in [0.2, 0.25) is 0 Å². The Labute approximate surface area is 117 Å². The minimum atomic E-state index is -3.92. The summed E-state index contributed by atoms with van der Waals surface area (Å²) in [4.78, 5) is 11.5. The number of hydrogen-bond donors (Lipinski definition) is 1. The number of hydrogen-bond acceptors (Lipinski definition) is 4. The zero-order valence-electron chi connectivity index (χ0n) is 9.28. The molecule has 8 heteroatoms. The number of nitrogens with one attached hydrogen (secondary N) is 1. The molecule has 0 spiro atoms. The first-order valence-electron chi connectivity index (χ1n) is 5.40. The van der Waals surface area contributed by atoms with Crippen molar-refractivity contribution < 1.29 is 17.6 Å². The third-order valence-corrected chi connectivity index (χ3v) is 5.10. The molecule has 1 aromatic heterocycles. The van der Waals surface area contributed by atoms with E-state index in [0.29, 0.717) is 12.5 Å². The van der Waals surface area contributed by atoms with Crippen molar-refractivity contribution in [1.82, 2.24) is 5.32 Å². The molecule has 1 aromatic rings. The molecule has 0 saturated heterocycles. The maximum absolute atomic E-state index is 11.7. The van der Waals surface area contributed by atoms with Crippen LogP contribution in [0.25, 0.3) is 0 Å². The summed E-state index contributed by atoms with van der Waals surface area (Å²) in [6, 6.07) is 1.11. The molecule has 0 bridgehead atoms. The zero-order chi connectivity index (χ0) is 13.3. The average molecular weight is 357 g/mol. The third kappa shape index (κ3) is 3.07. The lowest BCUT2D eigenvalue weighted by Gasteiger charge is -2.25. The largest absolute Gasteiger partial charge is 0.443 e. The second-order valence-corrected chi connectivity index (χ2v) is 7.45. The van der Waals surface area contributed by atoms with Crippen LogP contribution in [0.1, 0.15) is 29.8 Å². The van der Waals surface area contributed by atoms with Crippen LogP contribution in [-0.4, -0.2) is 20.9 Å². The fourth-order valence-corrected chi connectivity index (χ4v) is 3.68. The van der Waals surface area contributed by atoms with E-state index in [0.717, 1.165) is 18.9 Å². The molecule has 1 heterocycles. The second-order valence-electron chi connectivity index (χ2n) is 4.19. The van der Waals surface area contributed by atoms with Gasteiger partial charge in [-0.05, 0) is 34.7 Å². The highest BCUT2D eigenvalue weighted by Gasteiger charge is 2.24. The predicted octanol–water partition coefficient (Wildman–Crippen LogP) is 2.50. The van der Waals surface area contributed by atoms with Gasteiger partial charge >= 0.3 is 0 Å². The summed E-state index contributed by atoms with van der Waals surface area (Å²) in [5.74, 6) is 0.0122. The molecule has 18 heavy (non-hydrogen) atoms. The van der Waals surface area contributed by atoms with Gasteiger partial charge in [0.1, 0.15) is 4.90 Å². The van der Waals surface area contributed by atoms with E-state index >= 15 is 0 Å². The third-order valence-electron chi connectivity index (χ3n) is 2.92. The lowest BCUT2D eigenvalue weighted by atomic mass is 9.85. The molecular formula is C10H11BrClNO4S. The number of amides is 1. The van der Waals surface area contributed by atoms with Crippen LogP contribution in [0.5, 0.6) is 0 Å². The van der Waals surface area contributed by atoms with Crippen molar-refractivity contribution >= 4 is 41.6 Å². The Morgan fingerprint density at radius 3 is 2.67 bits per heavy atom. The van der Waals surface area contributed by atoms with E-state index in [4.69, 9.17) is 15.1 Å². The monoisotopic (exact) mass is 355 g/mol. The Kier molecular flexibility index (Phi) is 4.03. The van der Waals surface area contributed by atoms with E-state index in [1.165, 1.54) is 6.42 Å². The Balaban J connectivity index is 2.06. The minimum absolute atomic E-state index is 0.0636. The van der Waals surface area contributed by atoms with Crippen molar-refractivity contribution in [2.45, 2.75) is 24.2 Å². The van der Waals surface area contributed by atoms with Gasteiger partial charge in [-0.3, -0.25) is 4.79 Å². The van der Waals surface area contributed by atoms with Crippen LogP contribution in [0.15, 0.2) is 20.0 Å². The summed E-state index contributed by atoms with van der Waals surface area (Å²) in [5, 5.41) is 2.70. The molecule has 0 radical (unpaired) electrons. The van der Waals surface area contributed by atoms with Gasteiger partial charge in [0.15, 0.2) is 10.4 Å². The van der Waals surface area contributed by atoms with Crippen LogP contribution in [0.3, 0.4) is 0 Å². The van der Waals surface area contributed by atoms with Crippen LogP contribution in [-0.2, 0) is 9.05 Å². The maximum Gasteiger partial charge on any atom is 0.287 e. The van der Waals surface area contributed by atoms with Gasteiger partial charge in [-0.1, -0.05) is 6.42 Å². The van der Waals surface area contributed by atoms with E-state index in [-0.39, 0.29) is 15.3 Å². The first-order chi connectivity index (χ1) is 8.38. The van der Waals surface area contributed by atoms with Gasteiger partial charge in [0, 0.05) is 23.3 Å². The number of carbonyl (C=O) groups excluding carboxylic acids is 1. The van der Waals surface area contributed by atoms with Crippen LogP contribution in [0.2, 0.25) is 0 Å². The van der Waals surface area contributed by atoms with E-state index < -0.39 is 15.0 Å². The van der Waals surface area contributed by atoms with Gasteiger partial charge in [0.25, 0.3) is 15.0 Å². The molecule has 1 aliphatic carbocycles. The number of carbonyl (C=O) groups is 1. The standard InChI is InChI=1S/C10H11BrClNO4S/c11-9-8(18(12,15)16)4-7(17-9)10(14)13-5-6-2-1-3-6/h4,6H,1-3,5H2,(H,13,14). The smallest absolute Gasteiger partial charge is 0.287 e. The van der Waals surface area contributed by atoms with Crippen LogP contribution >= 0.6 is 26.6 Å². The molecule has 0 aromatic carbocycles. The Morgan fingerprint density at radius 2 is 2.22 bits per heavy atom. The topological polar surface area (TPSA) is 76.4 Å². The second kappa shape index (κ2) is 5.22. The predicted molar refractivity (Wildman–Crippen MR) is 69.1 cm³/mol.